The lowest BCUT2D eigenvalue weighted by molar-refractivity contribution is 0.249. The minimum Gasteiger partial charge on any atom is -0.368 e. The van der Waals surface area contributed by atoms with Crippen LogP contribution in [0.2, 0.25) is 0 Å². The van der Waals surface area contributed by atoms with Crippen molar-refractivity contribution in [3.63, 3.8) is 0 Å². The van der Waals surface area contributed by atoms with E-state index in [0.29, 0.717) is 5.95 Å². The van der Waals surface area contributed by atoms with Crippen molar-refractivity contribution in [2.45, 2.75) is 47.0 Å². The SMILES string of the molecule is CC1(C)CNCC(C)(C)CN(c2nc(N)nc3c2CCCc2ccccc2-3)C1. The van der Waals surface area contributed by atoms with Gasteiger partial charge in [0.2, 0.25) is 5.95 Å². The molecule has 2 aromatic rings. The molecule has 0 radical (unpaired) electrons. The maximum absolute atomic E-state index is 6.24. The molecule has 4 rings (SSSR count). The fraction of sp³-hybridized carbons (Fsp3) is 0.565. The lowest BCUT2D eigenvalue weighted by Crippen LogP contribution is -2.51. The molecule has 1 aliphatic heterocycles. The summed E-state index contributed by atoms with van der Waals surface area (Å²) in [5, 5.41) is 3.65. The van der Waals surface area contributed by atoms with Crippen molar-refractivity contribution in [3.05, 3.63) is 35.4 Å². The van der Waals surface area contributed by atoms with Crippen LogP contribution < -0.4 is 16.0 Å². The second-order valence-electron chi connectivity index (χ2n) is 10.0. The number of rotatable bonds is 1. The molecule has 0 spiro atoms. The maximum atomic E-state index is 6.24. The van der Waals surface area contributed by atoms with Crippen molar-refractivity contribution >= 4 is 11.8 Å². The summed E-state index contributed by atoms with van der Waals surface area (Å²) in [5.41, 5.74) is 11.4. The third-order valence-electron chi connectivity index (χ3n) is 5.89. The molecule has 0 unspecified atom stereocenters. The highest BCUT2D eigenvalue weighted by molar-refractivity contribution is 5.74. The molecule has 3 N–H and O–H groups in total. The van der Waals surface area contributed by atoms with E-state index >= 15 is 0 Å². The minimum atomic E-state index is 0.158. The first kappa shape index (κ1) is 19.2. The van der Waals surface area contributed by atoms with E-state index in [1.165, 1.54) is 16.7 Å². The Bertz CT molecular complexity index is 853. The largest absolute Gasteiger partial charge is 0.368 e. The van der Waals surface area contributed by atoms with Crippen molar-refractivity contribution in [2.24, 2.45) is 10.8 Å². The van der Waals surface area contributed by atoms with Gasteiger partial charge in [0.05, 0.1) is 5.69 Å². The van der Waals surface area contributed by atoms with Crippen LogP contribution >= 0.6 is 0 Å². The van der Waals surface area contributed by atoms with Gasteiger partial charge in [-0.1, -0.05) is 52.0 Å². The second kappa shape index (κ2) is 7.03. The Hall–Kier alpha value is -2.14. The summed E-state index contributed by atoms with van der Waals surface area (Å²) < 4.78 is 0. The number of nitrogens with two attached hydrogens (primary N) is 1. The zero-order chi connectivity index (χ0) is 19.9. The van der Waals surface area contributed by atoms with Gasteiger partial charge in [-0.3, -0.25) is 0 Å². The predicted molar refractivity (Wildman–Crippen MR) is 117 cm³/mol. The molecule has 2 heterocycles. The van der Waals surface area contributed by atoms with Gasteiger partial charge in [0.25, 0.3) is 0 Å². The summed E-state index contributed by atoms with van der Waals surface area (Å²) in [5.74, 6) is 1.42. The van der Waals surface area contributed by atoms with Crippen LogP contribution in [-0.4, -0.2) is 36.1 Å². The highest BCUT2D eigenvalue weighted by Crippen LogP contribution is 2.38. The fourth-order valence-corrected chi connectivity index (χ4v) is 4.72. The van der Waals surface area contributed by atoms with Gasteiger partial charge in [-0.05, 0) is 35.7 Å². The second-order valence-corrected chi connectivity index (χ2v) is 10.0. The first-order valence-corrected chi connectivity index (χ1v) is 10.4. The van der Waals surface area contributed by atoms with E-state index in [9.17, 15) is 0 Å². The zero-order valence-corrected chi connectivity index (χ0v) is 17.7. The summed E-state index contributed by atoms with van der Waals surface area (Å²) in [6.07, 6.45) is 3.19. The van der Waals surface area contributed by atoms with Gasteiger partial charge in [0, 0.05) is 37.3 Å². The number of nitrogen functional groups attached to an aromatic ring is 1. The van der Waals surface area contributed by atoms with Crippen LogP contribution in [0.1, 0.15) is 45.2 Å². The number of fused-ring (bicyclic) bond motifs is 3. The van der Waals surface area contributed by atoms with Crippen LogP contribution in [0.4, 0.5) is 11.8 Å². The van der Waals surface area contributed by atoms with E-state index in [1.54, 1.807) is 0 Å². The van der Waals surface area contributed by atoms with Crippen molar-refractivity contribution < 1.29 is 0 Å². The molecule has 0 atom stereocenters. The van der Waals surface area contributed by atoms with Crippen LogP contribution in [0.25, 0.3) is 11.3 Å². The van der Waals surface area contributed by atoms with Crippen molar-refractivity contribution in [1.82, 2.24) is 15.3 Å². The molecular weight excluding hydrogens is 346 g/mol. The number of nitrogens with zero attached hydrogens (tertiary/aromatic N) is 3. The number of hydrogen-bond donors (Lipinski definition) is 2. The van der Waals surface area contributed by atoms with Crippen LogP contribution in [0.15, 0.2) is 24.3 Å². The first-order chi connectivity index (χ1) is 13.2. The average molecular weight is 380 g/mol. The fourth-order valence-electron chi connectivity index (χ4n) is 4.72. The van der Waals surface area contributed by atoms with Crippen molar-refractivity contribution in [3.8, 4) is 11.3 Å². The standard InChI is InChI=1S/C23H33N5/c1-22(2)12-25-13-23(3,4)15-28(14-22)20-18-11-7-9-16-8-5-6-10-17(16)19(18)26-21(24)27-20/h5-6,8,10,25H,7,9,11-15H2,1-4H3,(H2,24,26,27). The Kier molecular flexibility index (Phi) is 4.82. The topological polar surface area (TPSA) is 67.1 Å². The normalized spacial score (nSPS) is 21.1. The van der Waals surface area contributed by atoms with E-state index in [1.807, 2.05) is 0 Å². The van der Waals surface area contributed by atoms with E-state index in [2.05, 4.69) is 62.2 Å². The molecule has 0 amide bonds. The van der Waals surface area contributed by atoms with Crippen molar-refractivity contribution in [1.29, 1.82) is 0 Å². The van der Waals surface area contributed by atoms with Gasteiger partial charge >= 0.3 is 0 Å². The smallest absolute Gasteiger partial charge is 0.222 e. The highest BCUT2D eigenvalue weighted by atomic mass is 15.2. The Labute approximate surface area is 168 Å². The van der Waals surface area contributed by atoms with E-state index in [4.69, 9.17) is 15.7 Å². The molecule has 28 heavy (non-hydrogen) atoms. The lowest BCUT2D eigenvalue weighted by Gasteiger charge is -2.42. The third-order valence-corrected chi connectivity index (χ3v) is 5.89. The zero-order valence-electron chi connectivity index (χ0n) is 17.7. The molecule has 150 valence electrons. The number of aromatic nitrogens is 2. The molecule has 1 aromatic carbocycles. The summed E-state index contributed by atoms with van der Waals surface area (Å²) in [6.45, 7) is 13.2. The van der Waals surface area contributed by atoms with Gasteiger partial charge in [-0.15, -0.1) is 0 Å². The van der Waals surface area contributed by atoms with E-state index in [-0.39, 0.29) is 10.8 Å². The number of aryl methyl sites for hydroxylation is 1. The summed E-state index contributed by atoms with van der Waals surface area (Å²) in [4.78, 5) is 12.0. The summed E-state index contributed by atoms with van der Waals surface area (Å²) in [7, 11) is 0. The van der Waals surface area contributed by atoms with Crippen LogP contribution in [0.3, 0.4) is 0 Å². The molecule has 0 saturated carbocycles. The molecular formula is C23H33N5. The maximum Gasteiger partial charge on any atom is 0.222 e. The predicted octanol–water partition coefficient (Wildman–Crippen LogP) is 3.68. The molecule has 0 bridgehead atoms. The Balaban J connectivity index is 1.85. The van der Waals surface area contributed by atoms with Crippen LogP contribution in [-0.2, 0) is 12.8 Å². The quantitative estimate of drug-likeness (QED) is 0.791. The summed E-state index contributed by atoms with van der Waals surface area (Å²) in [6, 6.07) is 8.61. The number of nitrogens with one attached hydrogen (secondary N) is 1. The van der Waals surface area contributed by atoms with Crippen LogP contribution in [0.5, 0.6) is 0 Å². The molecule has 5 heteroatoms. The van der Waals surface area contributed by atoms with Gasteiger partial charge in [-0.2, -0.15) is 4.98 Å². The molecule has 1 aliphatic carbocycles. The van der Waals surface area contributed by atoms with Gasteiger partial charge in [-0.25, -0.2) is 4.98 Å². The number of anilines is 2. The van der Waals surface area contributed by atoms with E-state index in [0.717, 1.165) is 57.0 Å². The monoisotopic (exact) mass is 379 g/mol. The minimum absolute atomic E-state index is 0.158. The number of benzene rings is 1. The summed E-state index contributed by atoms with van der Waals surface area (Å²) >= 11 is 0. The Morgan fingerprint density at radius 2 is 1.64 bits per heavy atom. The Morgan fingerprint density at radius 1 is 0.964 bits per heavy atom. The highest BCUT2D eigenvalue weighted by Gasteiger charge is 2.33. The van der Waals surface area contributed by atoms with Gasteiger partial charge in [0.1, 0.15) is 5.82 Å². The molecule has 1 fully saturated rings. The van der Waals surface area contributed by atoms with Gasteiger partial charge < -0.3 is 16.0 Å². The van der Waals surface area contributed by atoms with E-state index < -0.39 is 0 Å². The molecule has 1 aromatic heterocycles. The Morgan fingerprint density at radius 3 is 2.36 bits per heavy atom. The average Bonchev–Trinajstić information content (AvgIpc) is 2.78. The van der Waals surface area contributed by atoms with Gasteiger partial charge in [0.15, 0.2) is 0 Å². The molecule has 1 saturated heterocycles. The molecule has 5 nitrogen and oxygen atoms in total. The third kappa shape index (κ3) is 3.86. The van der Waals surface area contributed by atoms with Crippen molar-refractivity contribution in [2.75, 3.05) is 36.8 Å². The lowest BCUT2D eigenvalue weighted by atomic mass is 9.85. The number of hydrogen-bond acceptors (Lipinski definition) is 5. The van der Waals surface area contributed by atoms with Crippen LogP contribution in [0, 0.1) is 10.8 Å². The molecule has 2 aliphatic rings. The first-order valence-electron chi connectivity index (χ1n) is 10.4.